The number of para-hydroxylation sites is 1. The molecule has 4 rings (SSSR count). The molecule has 30 heavy (non-hydrogen) atoms. The first-order valence-corrected chi connectivity index (χ1v) is 10.9. The van der Waals surface area contributed by atoms with Crippen LogP contribution in [0.3, 0.4) is 0 Å². The van der Waals surface area contributed by atoms with Crippen LogP contribution in [0.2, 0.25) is 0 Å². The number of sulfonamides is 1. The molecule has 1 heterocycles. The van der Waals surface area contributed by atoms with E-state index in [0.717, 1.165) is 6.42 Å². The number of ether oxygens (including phenoxy) is 2. The van der Waals surface area contributed by atoms with Gasteiger partial charge in [-0.2, -0.15) is 0 Å². The molecule has 1 aliphatic heterocycles. The molecule has 7 nitrogen and oxygen atoms in total. The van der Waals surface area contributed by atoms with Gasteiger partial charge in [-0.05, 0) is 42.5 Å². The van der Waals surface area contributed by atoms with Gasteiger partial charge in [-0.1, -0.05) is 24.3 Å². The quantitative estimate of drug-likeness (QED) is 0.648. The molecule has 0 atom stereocenters. The Morgan fingerprint density at radius 1 is 0.800 bits per heavy atom. The SMILES string of the molecule is O=C(Nc1ccccc1)c1cccc(NS(=O)(=O)c2ccc3c(c2)OCCCO3)c1. The van der Waals surface area contributed by atoms with Gasteiger partial charge in [-0.15, -0.1) is 0 Å². The van der Waals surface area contributed by atoms with Crippen LogP contribution < -0.4 is 19.5 Å². The molecule has 1 amide bonds. The molecule has 0 radical (unpaired) electrons. The average molecular weight is 424 g/mol. The van der Waals surface area contributed by atoms with Gasteiger partial charge in [-0.25, -0.2) is 8.42 Å². The first kappa shape index (κ1) is 19.8. The minimum Gasteiger partial charge on any atom is -0.490 e. The highest BCUT2D eigenvalue weighted by atomic mass is 32.2. The third-order valence-electron chi connectivity index (χ3n) is 4.44. The van der Waals surface area contributed by atoms with Crippen LogP contribution in [0, 0.1) is 0 Å². The summed E-state index contributed by atoms with van der Waals surface area (Å²) in [7, 11) is -3.88. The van der Waals surface area contributed by atoms with Crippen LogP contribution >= 0.6 is 0 Å². The van der Waals surface area contributed by atoms with Gasteiger partial charge in [0.25, 0.3) is 15.9 Å². The first-order valence-electron chi connectivity index (χ1n) is 9.40. The summed E-state index contributed by atoms with van der Waals surface area (Å²) in [5.74, 6) is 0.579. The number of benzene rings is 3. The molecule has 2 N–H and O–H groups in total. The summed E-state index contributed by atoms with van der Waals surface area (Å²) in [6, 6.07) is 19.8. The number of nitrogens with one attached hydrogen (secondary N) is 2. The van der Waals surface area contributed by atoms with Crippen molar-refractivity contribution >= 4 is 27.3 Å². The van der Waals surface area contributed by atoms with Crippen molar-refractivity contribution in [3.05, 3.63) is 78.4 Å². The third-order valence-corrected chi connectivity index (χ3v) is 5.82. The van der Waals surface area contributed by atoms with E-state index in [-0.39, 0.29) is 16.5 Å². The highest BCUT2D eigenvalue weighted by Crippen LogP contribution is 2.32. The molecule has 0 bridgehead atoms. The molecule has 0 fully saturated rings. The second-order valence-corrected chi connectivity index (χ2v) is 8.35. The van der Waals surface area contributed by atoms with Crippen LogP contribution in [-0.4, -0.2) is 27.5 Å². The maximum Gasteiger partial charge on any atom is 0.262 e. The van der Waals surface area contributed by atoms with Crippen molar-refractivity contribution in [1.29, 1.82) is 0 Å². The average Bonchev–Trinajstić information content (AvgIpc) is 2.99. The number of fused-ring (bicyclic) bond motifs is 1. The number of carbonyl (C=O) groups is 1. The molecule has 8 heteroatoms. The van der Waals surface area contributed by atoms with Crippen molar-refractivity contribution in [3.63, 3.8) is 0 Å². The molecule has 3 aromatic carbocycles. The van der Waals surface area contributed by atoms with Crippen molar-refractivity contribution in [2.75, 3.05) is 23.3 Å². The van der Waals surface area contributed by atoms with Gasteiger partial charge in [0.15, 0.2) is 11.5 Å². The van der Waals surface area contributed by atoms with E-state index >= 15 is 0 Å². The van der Waals surface area contributed by atoms with E-state index in [1.54, 1.807) is 36.4 Å². The summed E-state index contributed by atoms with van der Waals surface area (Å²) in [6.45, 7) is 0.984. The summed E-state index contributed by atoms with van der Waals surface area (Å²) >= 11 is 0. The Bertz CT molecular complexity index is 1160. The van der Waals surface area contributed by atoms with Gasteiger partial charge >= 0.3 is 0 Å². The van der Waals surface area contributed by atoms with Crippen LogP contribution in [-0.2, 0) is 10.0 Å². The Hall–Kier alpha value is -3.52. The van der Waals surface area contributed by atoms with Crippen molar-refractivity contribution in [3.8, 4) is 11.5 Å². The Kier molecular flexibility index (Phi) is 5.58. The molecule has 154 valence electrons. The molecule has 0 saturated carbocycles. The van der Waals surface area contributed by atoms with Crippen molar-refractivity contribution in [2.45, 2.75) is 11.3 Å². The van der Waals surface area contributed by atoms with Gasteiger partial charge < -0.3 is 14.8 Å². The van der Waals surface area contributed by atoms with Crippen molar-refractivity contribution < 1.29 is 22.7 Å². The summed E-state index contributed by atoms with van der Waals surface area (Å²) in [5, 5.41) is 2.77. The zero-order valence-electron chi connectivity index (χ0n) is 16.0. The third kappa shape index (κ3) is 4.55. The number of carbonyl (C=O) groups excluding carboxylic acids is 1. The van der Waals surface area contributed by atoms with Crippen LogP contribution in [0.15, 0.2) is 77.7 Å². The van der Waals surface area contributed by atoms with Crippen LogP contribution in [0.25, 0.3) is 0 Å². The maximum absolute atomic E-state index is 12.8. The lowest BCUT2D eigenvalue weighted by Crippen LogP contribution is -2.15. The van der Waals surface area contributed by atoms with Crippen LogP contribution in [0.5, 0.6) is 11.5 Å². The predicted octanol–water partition coefficient (Wildman–Crippen LogP) is 3.90. The highest BCUT2D eigenvalue weighted by Gasteiger charge is 2.19. The highest BCUT2D eigenvalue weighted by molar-refractivity contribution is 7.92. The van der Waals surface area contributed by atoms with Gasteiger partial charge in [-0.3, -0.25) is 9.52 Å². The van der Waals surface area contributed by atoms with E-state index in [2.05, 4.69) is 10.0 Å². The number of hydrogen-bond acceptors (Lipinski definition) is 5. The first-order chi connectivity index (χ1) is 14.5. The summed E-state index contributed by atoms with van der Waals surface area (Å²) in [5.41, 5.74) is 1.27. The fraction of sp³-hybridized carbons (Fsp3) is 0.136. The van der Waals surface area contributed by atoms with Gasteiger partial charge in [0.05, 0.1) is 18.1 Å². The monoisotopic (exact) mass is 424 g/mol. The maximum atomic E-state index is 12.8. The molecular formula is C22H20N2O5S. The molecule has 1 aliphatic rings. The fourth-order valence-electron chi connectivity index (χ4n) is 2.97. The van der Waals surface area contributed by atoms with E-state index in [1.165, 1.54) is 18.2 Å². The lowest BCUT2D eigenvalue weighted by molar-refractivity contribution is 0.102. The summed E-state index contributed by atoms with van der Waals surface area (Å²) < 4.78 is 39.3. The second-order valence-electron chi connectivity index (χ2n) is 6.67. The Morgan fingerprint density at radius 3 is 2.33 bits per heavy atom. The topological polar surface area (TPSA) is 93.7 Å². The van der Waals surface area contributed by atoms with E-state index in [9.17, 15) is 13.2 Å². The van der Waals surface area contributed by atoms with Gasteiger partial charge in [0.2, 0.25) is 0 Å². The minimum atomic E-state index is -3.88. The Labute approximate surface area is 174 Å². The lowest BCUT2D eigenvalue weighted by Gasteiger charge is -2.12. The molecular weight excluding hydrogens is 404 g/mol. The standard InChI is InChI=1S/C22H20N2O5S/c25-22(23-17-7-2-1-3-8-17)16-6-4-9-18(14-16)24-30(26,27)19-10-11-20-21(15-19)29-13-5-12-28-20/h1-4,6-11,14-15,24H,5,12-13H2,(H,23,25). The fourth-order valence-corrected chi connectivity index (χ4v) is 4.04. The Morgan fingerprint density at radius 2 is 1.53 bits per heavy atom. The van der Waals surface area contributed by atoms with Gasteiger partial charge in [0.1, 0.15) is 0 Å². The van der Waals surface area contributed by atoms with Crippen LogP contribution in [0.1, 0.15) is 16.8 Å². The normalized spacial score (nSPS) is 13.2. The molecule has 0 aliphatic carbocycles. The largest absolute Gasteiger partial charge is 0.490 e. The predicted molar refractivity (Wildman–Crippen MR) is 114 cm³/mol. The zero-order valence-corrected chi connectivity index (χ0v) is 16.8. The second kappa shape index (κ2) is 8.46. The van der Waals surface area contributed by atoms with E-state index < -0.39 is 10.0 Å². The Balaban J connectivity index is 1.53. The van der Waals surface area contributed by atoms with Gasteiger partial charge in [0, 0.05) is 29.4 Å². The molecule has 0 spiro atoms. The molecule has 0 saturated heterocycles. The number of rotatable bonds is 5. The lowest BCUT2D eigenvalue weighted by atomic mass is 10.2. The summed E-state index contributed by atoms with van der Waals surface area (Å²) in [4.78, 5) is 12.5. The molecule has 0 aromatic heterocycles. The van der Waals surface area contributed by atoms with Crippen molar-refractivity contribution in [1.82, 2.24) is 0 Å². The van der Waals surface area contributed by atoms with Crippen molar-refractivity contribution in [2.24, 2.45) is 0 Å². The smallest absolute Gasteiger partial charge is 0.262 e. The molecule has 0 unspecified atom stereocenters. The summed E-state index contributed by atoms with van der Waals surface area (Å²) in [6.07, 6.45) is 0.729. The van der Waals surface area contributed by atoms with Crippen LogP contribution in [0.4, 0.5) is 11.4 Å². The number of amides is 1. The number of hydrogen-bond donors (Lipinski definition) is 2. The number of anilines is 2. The zero-order chi connectivity index (χ0) is 21.0. The van der Waals surface area contributed by atoms with E-state index in [1.807, 2.05) is 18.2 Å². The molecule has 3 aromatic rings. The van der Waals surface area contributed by atoms with E-state index in [4.69, 9.17) is 9.47 Å². The van der Waals surface area contributed by atoms with E-state index in [0.29, 0.717) is 36.0 Å². The minimum absolute atomic E-state index is 0.0471.